The van der Waals surface area contributed by atoms with Crippen molar-refractivity contribution in [2.24, 2.45) is 5.92 Å². The number of carbonyl (C=O) groups excluding carboxylic acids is 2. The minimum absolute atomic E-state index is 0.103. The highest BCUT2D eigenvalue weighted by atomic mass is 32.1. The number of halogens is 3. The monoisotopic (exact) mass is 418 g/mol. The number of hydrogen-bond acceptors (Lipinski definition) is 5. The van der Waals surface area contributed by atoms with Crippen LogP contribution < -0.4 is 5.32 Å². The van der Waals surface area contributed by atoms with Crippen LogP contribution in [0.4, 0.5) is 13.2 Å². The van der Waals surface area contributed by atoms with E-state index in [1.807, 2.05) is 17.6 Å². The molecule has 0 aromatic carbocycles. The van der Waals surface area contributed by atoms with Crippen molar-refractivity contribution in [2.75, 3.05) is 26.2 Å². The van der Waals surface area contributed by atoms with E-state index in [2.05, 4.69) is 9.88 Å². The Morgan fingerprint density at radius 1 is 1.25 bits per heavy atom. The number of nitrogens with zero attached hydrogens (tertiary/aromatic N) is 3. The Morgan fingerprint density at radius 3 is 2.57 bits per heavy atom. The van der Waals surface area contributed by atoms with Crippen LogP contribution in [0.25, 0.3) is 0 Å². The average Bonchev–Trinajstić information content (AvgIpc) is 3.28. The largest absolute Gasteiger partial charge is 0.405 e. The fourth-order valence-electron chi connectivity index (χ4n) is 3.89. The molecule has 10 heteroatoms. The fraction of sp³-hybridized carbons (Fsp3) is 0.722. The molecule has 1 atom stereocenters. The van der Waals surface area contributed by atoms with Crippen LogP contribution in [-0.4, -0.2) is 65.0 Å². The van der Waals surface area contributed by atoms with Gasteiger partial charge in [0.1, 0.15) is 12.6 Å². The van der Waals surface area contributed by atoms with E-state index in [-0.39, 0.29) is 11.8 Å². The molecule has 3 rings (SSSR count). The first kappa shape index (κ1) is 21.0. The van der Waals surface area contributed by atoms with Crippen molar-refractivity contribution < 1.29 is 22.8 Å². The van der Waals surface area contributed by atoms with Gasteiger partial charge < -0.3 is 10.2 Å². The lowest BCUT2D eigenvalue weighted by atomic mass is 9.94. The molecule has 6 nitrogen and oxygen atoms in total. The standard InChI is InChI=1S/C18H25F3N4O2S/c1-12-23-14(10-28-12)9-24-7-4-13(5-8-24)17(27)25-6-2-3-15(25)16(26)22-11-18(19,20)21/h10,13,15H,2-9,11H2,1H3,(H,22,26). The molecule has 1 unspecified atom stereocenters. The predicted molar refractivity (Wildman–Crippen MR) is 98.7 cm³/mol. The van der Waals surface area contributed by atoms with E-state index in [1.165, 1.54) is 4.90 Å². The lowest BCUT2D eigenvalue weighted by Gasteiger charge is -2.34. The molecule has 3 heterocycles. The minimum Gasteiger partial charge on any atom is -0.345 e. The summed E-state index contributed by atoms with van der Waals surface area (Å²) in [4.78, 5) is 33.2. The molecule has 2 fully saturated rings. The molecule has 1 N–H and O–H groups in total. The first-order chi connectivity index (χ1) is 13.2. The quantitative estimate of drug-likeness (QED) is 0.797. The second kappa shape index (κ2) is 8.77. The van der Waals surface area contributed by atoms with E-state index in [0.29, 0.717) is 32.2 Å². The number of aromatic nitrogens is 1. The summed E-state index contributed by atoms with van der Waals surface area (Å²) in [6.07, 6.45) is -2.02. The Bertz CT molecular complexity index is 701. The van der Waals surface area contributed by atoms with E-state index in [9.17, 15) is 22.8 Å². The zero-order valence-corrected chi connectivity index (χ0v) is 16.6. The number of alkyl halides is 3. The number of nitrogens with one attached hydrogen (secondary N) is 1. The molecule has 1 aromatic rings. The van der Waals surface area contributed by atoms with Gasteiger partial charge in [-0.3, -0.25) is 14.5 Å². The average molecular weight is 418 g/mol. The van der Waals surface area contributed by atoms with Crippen molar-refractivity contribution in [3.8, 4) is 0 Å². The molecule has 0 aliphatic carbocycles. The van der Waals surface area contributed by atoms with Crippen LogP contribution in [-0.2, 0) is 16.1 Å². The van der Waals surface area contributed by atoms with Crippen LogP contribution in [0.2, 0.25) is 0 Å². The van der Waals surface area contributed by atoms with Gasteiger partial charge in [0, 0.05) is 24.4 Å². The third-order valence-electron chi connectivity index (χ3n) is 5.29. The summed E-state index contributed by atoms with van der Waals surface area (Å²) in [6.45, 7) is 3.34. The zero-order chi connectivity index (χ0) is 20.3. The summed E-state index contributed by atoms with van der Waals surface area (Å²) in [5.74, 6) is -0.988. The van der Waals surface area contributed by atoms with Crippen LogP contribution in [0, 0.1) is 12.8 Å². The molecule has 2 amide bonds. The molecule has 0 radical (unpaired) electrons. The number of hydrogen-bond donors (Lipinski definition) is 1. The van der Waals surface area contributed by atoms with Crippen molar-refractivity contribution in [1.29, 1.82) is 0 Å². The third kappa shape index (κ3) is 5.44. The predicted octanol–water partition coefficient (Wildman–Crippen LogP) is 2.33. The number of piperidine rings is 1. The molecule has 0 spiro atoms. The Kier molecular flexibility index (Phi) is 6.59. The second-order valence-electron chi connectivity index (χ2n) is 7.43. The highest BCUT2D eigenvalue weighted by Crippen LogP contribution is 2.26. The second-order valence-corrected chi connectivity index (χ2v) is 8.49. The lowest BCUT2D eigenvalue weighted by Crippen LogP contribution is -2.50. The smallest absolute Gasteiger partial charge is 0.345 e. The molecular weight excluding hydrogens is 393 g/mol. The molecule has 0 bridgehead atoms. The van der Waals surface area contributed by atoms with Crippen molar-refractivity contribution in [2.45, 2.75) is 51.4 Å². The van der Waals surface area contributed by atoms with Gasteiger partial charge in [0.05, 0.1) is 10.7 Å². The van der Waals surface area contributed by atoms with Crippen LogP contribution in [0.5, 0.6) is 0 Å². The summed E-state index contributed by atoms with van der Waals surface area (Å²) in [7, 11) is 0. The summed E-state index contributed by atoms with van der Waals surface area (Å²) < 4.78 is 37.0. The van der Waals surface area contributed by atoms with Crippen molar-refractivity contribution in [1.82, 2.24) is 20.1 Å². The van der Waals surface area contributed by atoms with E-state index >= 15 is 0 Å². The number of likely N-dealkylation sites (tertiary alicyclic amines) is 2. The van der Waals surface area contributed by atoms with Gasteiger partial charge in [-0.25, -0.2) is 4.98 Å². The maximum Gasteiger partial charge on any atom is 0.405 e. The molecule has 1 aromatic heterocycles. The third-order valence-corrected chi connectivity index (χ3v) is 6.11. The highest BCUT2D eigenvalue weighted by Gasteiger charge is 2.39. The van der Waals surface area contributed by atoms with Gasteiger partial charge in [0.2, 0.25) is 11.8 Å². The first-order valence-electron chi connectivity index (χ1n) is 9.51. The van der Waals surface area contributed by atoms with Gasteiger partial charge in [-0.05, 0) is 45.7 Å². The van der Waals surface area contributed by atoms with Gasteiger partial charge in [-0.15, -0.1) is 11.3 Å². The first-order valence-corrected chi connectivity index (χ1v) is 10.4. The van der Waals surface area contributed by atoms with E-state index in [4.69, 9.17) is 0 Å². The molecule has 2 saturated heterocycles. The van der Waals surface area contributed by atoms with Crippen molar-refractivity contribution in [3.05, 3.63) is 16.1 Å². The topological polar surface area (TPSA) is 65.5 Å². The SMILES string of the molecule is Cc1nc(CN2CCC(C(=O)N3CCCC3C(=O)NCC(F)(F)F)CC2)cs1. The minimum atomic E-state index is -4.45. The Hall–Kier alpha value is -1.68. The van der Waals surface area contributed by atoms with Crippen molar-refractivity contribution in [3.63, 3.8) is 0 Å². The lowest BCUT2D eigenvalue weighted by molar-refractivity contribution is -0.147. The van der Waals surface area contributed by atoms with Crippen LogP contribution in [0.15, 0.2) is 5.38 Å². The van der Waals surface area contributed by atoms with Gasteiger partial charge in [0.15, 0.2) is 0 Å². The maximum atomic E-state index is 12.9. The highest BCUT2D eigenvalue weighted by molar-refractivity contribution is 7.09. The van der Waals surface area contributed by atoms with Crippen LogP contribution in [0.3, 0.4) is 0 Å². The van der Waals surface area contributed by atoms with E-state index < -0.39 is 24.7 Å². The normalized spacial score (nSPS) is 21.9. The van der Waals surface area contributed by atoms with Crippen LogP contribution >= 0.6 is 11.3 Å². The zero-order valence-electron chi connectivity index (χ0n) is 15.8. The van der Waals surface area contributed by atoms with Gasteiger partial charge in [-0.1, -0.05) is 0 Å². The fourth-order valence-corrected chi connectivity index (χ4v) is 4.49. The number of thiazole rings is 1. The number of carbonyl (C=O) groups is 2. The van der Waals surface area contributed by atoms with E-state index in [0.717, 1.165) is 30.3 Å². The Morgan fingerprint density at radius 2 is 1.96 bits per heavy atom. The number of aryl methyl sites for hydroxylation is 1. The Balaban J connectivity index is 1.50. The van der Waals surface area contributed by atoms with Crippen molar-refractivity contribution >= 4 is 23.2 Å². The molecule has 28 heavy (non-hydrogen) atoms. The summed E-state index contributed by atoms with van der Waals surface area (Å²) in [5, 5.41) is 4.99. The molecule has 0 saturated carbocycles. The van der Waals surface area contributed by atoms with Gasteiger partial charge >= 0.3 is 6.18 Å². The number of amides is 2. The van der Waals surface area contributed by atoms with Gasteiger partial charge in [0.25, 0.3) is 0 Å². The van der Waals surface area contributed by atoms with E-state index in [1.54, 1.807) is 11.3 Å². The molecule has 156 valence electrons. The Labute approximate surface area is 166 Å². The molecular formula is C18H25F3N4O2S. The van der Waals surface area contributed by atoms with Gasteiger partial charge in [-0.2, -0.15) is 13.2 Å². The molecule has 2 aliphatic rings. The molecule has 2 aliphatic heterocycles. The summed E-state index contributed by atoms with van der Waals surface area (Å²) in [6, 6.07) is -0.786. The maximum absolute atomic E-state index is 12.9. The van der Waals surface area contributed by atoms with Crippen LogP contribution in [0.1, 0.15) is 36.4 Å². The summed E-state index contributed by atoms with van der Waals surface area (Å²) in [5.41, 5.74) is 1.04. The summed E-state index contributed by atoms with van der Waals surface area (Å²) >= 11 is 1.62. The number of rotatable bonds is 5.